The van der Waals surface area contributed by atoms with Gasteiger partial charge in [0.2, 0.25) is 0 Å². The van der Waals surface area contributed by atoms with E-state index in [1.807, 2.05) is 13.8 Å². The summed E-state index contributed by atoms with van der Waals surface area (Å²) in [6, 6.07) is 3.41. The maximum absolute atomic E-state index is 12.5. The van der Waals surface area contributed by atoms with Crippen LogP contribution in [0, 0.1) is 0 Å². The molecule has 0 atom stereocenters. The molecule has 0 aliphatic carbocycles. The molecule has 2 rings (SSSR count). The van der Waals surface area contributed by atoms with E-state index in [0.29, 0.717) is 16.5 Å². The zero-order valence-electron chi connectivity index (χ0n) is 12.0. The van der Waals surface area contributed by atoms with Crippen LogP contribution < -0.4 is 0 Å². The van der Waals surface area contributed by atoms with Crippen LogP contribution in [0.2, 0.25) is 0 Å². The first-order valence-corrected chi connectivity index (χ1v) is 7.28. The number of aromatic nitrogens is 1. The van der Waals surface area contributed by atoms with Crippen LogP contribution in [-0.2, 0) is 9.53 Å². The average Bonchev–Trinajstić information content (AvgIpc) is 3.12. The van der Waals surface area contributed by atoms with Crippen LogP contribution in [0.25, 0.3) is 10.8 Å². The van der Waals surface area contributed by atoms with Crippen LogP contribution in [0.4, 0.5) is 0 Å². The third kappa shape index (κ3) is 3.49. The fourth-order valence-electron chi connectivity index (χ4n) is 1.73. The smallest absolute Gasteiger partial charge is 0.325 e. The fourth-order valence-corrected chi connectivity index (χ4v) is 2.49. The van der Waals surface area contributed by atoms with Crippen LogP contribution in [0.15, 0.2) is 28.2 Å². The lowest BCUT2D eigenvalue weighted by Crippen LogP contribution is -2.41. The minimum atomic E-state index is -0.460. The van der Waals surface area contributed by atoms with Gasteiger partial charge in [0.25, 0.3) is 5.91 Å². The molecule has 2 aromatic heterocycles. The number of amides is 1. The van der Waals surface area contributed by atoms with Crippen LogP contribution in [0.3, 0.4) is 0 Å². The van der Waals surface area contributed by atoms with Gasteiger partial charge in [-0.25, -0.2) is 4.98 Å². The van der Waals surface area contributed by atoms with Crippen molar-refractivity contribution in [2.24, 2.45) is 0 Å². The number of carbonyl (C=O) groups excluding carboxylic acids is 2. The first-order chi connectivity index (χ1) is 10.0. The normalized spacial score (nSPS) is 10.7. The zero-order valence-corrected chi connectivity index (χ0v) is 12.8. The van der Waals surface area contributed by atoms with Crippen molar-refractivity contribution in [3.63, 3.8) is 0 Å². The maximum atomic E-state index is 12.5. The van der Waals surface area contributed by atoms with Crippen molar-refractivity contribution in [2.45, 2.75) is 19.9 Å². The van der Waals surface area contributed by atoms with Gasteiger partial charge in [0.1, 0.15) is 12.2 Å². The van der Waals surface area contributed by atoms with Crippen LogP contribution in [-0.4, -0.2) is 41.5 Å². The van der Waals surface area contributed by atoms with Gasteiger partial charge < -0.3 is 14.1 Å². The van der Waals surface area contributed by atoms with Crippen molar-refractivity contribution in [3.8, 4) is 10.8 Å². The summed E-state index contributed by atoms with van der Waals surface area (Å²) >= 11 is 1.32. The Hall–Kier alpha value is -2.15. The Kier molecular flexibility index (Phi) is 4.74. The number of hydrogen-bond donors (Lipinski definition) is 0. The average molecular weight is 308 g/mol. The molecule has 0 bridgehead atoms. The van der Waals surface area contributed by atoms with E-state index in [1.165, 1.54) is 23.3 Å². The molecule has 0 aromatic carbocycles. The Balaban J connectivity index is 2.19. The van der Waals surface area contributed by atoms with E-state index in [-0.39, 0.29) is 18.5 Å². The number of carbonyl (C=O) groups is 2. The lowest BCUT2D eigenvalue weighted by molar-refractivity contribution is -0.141. The van der Waals surface area contributed by atoms with Crippen molar-refractivity contribution in [1.82, 2.24) is 9.88 Å². The van der Waals surface area contributed by atoms with E-state index < -0.39 is 5.97 Å². The Bertz CT molecular complexity index is 619. The molecular weight excluding hydrogens is 292 g/mol. The molecule has 0 spiro atoms. The lowest BCUT2D eigenvalue weighted by atomic mass is 10.3. The molecule has 0 saturated heterocycles. The van der Waals surface area contributed by atoms with Crippen molar-refractivity contribution in [3.05, 3.63) is 29.5 Å². The highest BCUT2D eigenvalue weighted by Crippen LogP contribution is 2.24. The molecule has 112 valence electrons. The molecule has 0 N–H and O–H groups in total. The first-order valence-electron chi connectivity index (χ1n) is 6.40. The van der Waals surface area contributed by atoms with E-state index in [9.17, 15) is 9.59 Å². The minimum Gasteiger partial charge on any atom is -0.468 e. The summed E-state index contributed by atoms with van der Waals surface area (Å²) in [4.78, 5) is 29.6. The van der Waals surface area contributed by atoms with Gasteiger partial charge in [-0.1, -0.05) is 0 Å². The van der Waals surface area contributed by atoms with Gasteiger partial charge in [0, 0.05) is 11.4 Å². The molecule has 0 aliphatic heterocycles. The first kappa shape index (κ1) is 15.2. The SMILES string of the molecule is COC(=O)CN(C(=O)c1csc(-c2ccco2)n1)C(C)C. The van der Waals surface area contributed by atoms with Crippen molar-refractivity contribution in [1.29, 1.82) is 0 Å². The predicted octanol–water partition coefficient (Wildman–Crippen LogP) is 2.43. The van der Waals surface area contributed by atoms with Crippen LogP contribution >= 0.6 is 11.3 Å². The van der Waals surface area contributed by atoms with Crippen molar-refractivity contribution < 1.29 is 18.7 Å². The molecule has 21 heavy (non-hydrogen) atoms. The van der Waals surface area contributed by atoms with E-state index in [1.54, 1.807) is 23.8 Å². The summed E-state index contributed by atoms with van der Waals surface area (Å²) in [6.07, 6.45) is 1.55. The largest absolute Gasteiger partial charge is 0.468 e. The summed E-state index contributed by atoms with van der Waals surface area (Å²) < 4.78 is 9.87. The highest BCUT2D eigenvalue weighted by atomic mass is 32.1. The van der Waals surface area contributed by atoms with Crippen molar-refractivity contribution >= 4 is 23.2 Å². The highest BCUT2D eigenvalue weighted by Gasteiger charge is 2.24. The molecule has 0 aliphatic rings. The van der Waals surface area contributed by atoms with Gasteiger partial charge in [-0.2, -0.15) is 0 Å². The summed E-state index contributed by atoms with van der Waals surface area (Å²) in [7, 11) is 1.29. The number of methoxy groups -OCH3 is 1. The number of thiazole rings is 1. The molecule has 0 unspecified atom stereocenters. The maximum Gasteiger partial charge on any atom is 0.325 e. The molecule has 2 aromatic rings. The van der Waals surface area contributed by atoms with Gasteiger partial charge in [-0.15, -0.1) is 11.3 Å². The molecule has 6 nitrogen and oxygen atoms in total. The van der Waals surface area contributed by atoms with Gasteiger partial charge in [0.15, 0.2) is 10.8 Å². The summed E-state index contributed by atoms with van der Waals surface area (Å²) in [5.74, 6) is -0.147. The highest BCUT2D eigenvalue weighted by molar-refractivity contribution is 7.13. The molecule has 1 amide bonds. The second-order valence-electron chi connectivity index (χ2n) is 4.62. The summed E-state index contributed by atoms with van der Waals surface area (Å²) in [5.41, 5.74) is 0.295. The molecule has 0 radical (unpaired) electrons. The number of esters is 1. The van der Waals surface area contributed by atoms with E-state index in [0.717, 1.165) is 0 Å². The third-order valence-corrected chi connectivity index (χ3v) is 3.72. The third-order valence-electron chi connectivity index (χ3n) is 2.87. The topological polar surface area (TPSA) is 72.6 Å². The van der Waals surface area contributed by atoms with E-state index in [4.69, 9.17) is 4.42 Å². The van der Waals surface area contributed by atoms with E-state index in [2.05, 4.69) is 9.72 Å². The molecule has 0 fully saturated rings. The van der Waals surface area contributed by atoms with Crippen molar-refractivity contribution in [2.75, 3.05) is 13.7 Å². The van der Waals surface area contributed by atoms with Crippen LogP contribution in [0.1, 0.15) is 24.3 Å². The Morgan fingerprint density at radius 1 is 1.48 bits per heavy atom. The number of nitrogens with zero attached hydrogens (tertiary/aromatic N) is 2. The van der Waals surface area contributed by atoms with Crippen LogP contribution in [0.5, 0.6) is 0 Å². The number of ether oxygens (including phenoxy) is 1. The molecule has 0 saturated carbocycles. The minimum absolute atomic E-state index is 0.0966. The van der Waals surface area contributed by atoms with E-state index >= 15 is 0 Å². The Morgan fingerprint density at radius 3 is 2.81 bits per heavy atom. The standard InChI is InChI=1S/C14H16N2O4S/c1-9(2)16(7-12(17)19-3)14(18)10-8-21-13(15-10)11-5-4-6-20-11/h4-6,8-9H,7H2,1-3H3. The molecule has 7 heteroatoms. The second-order valence-corrected chi connectivity index (χ2v) is 5.48. The Morgan fingerprint density at radius 2 is 2.24 bits per heavy atom. The quantitative estimate of drug-likeness (QED) is 0.793. The molecule has 2 heterocycles. The van der Waals surface area contributed by atoms with Gasteiger partial charge in [-0.3, -0.25) is 9.59 Å². The predicted molar refractivity (Wildman–Crippen MR) is 78.0 cm³/mol. The van der Waals surface area contributed by atoms with Gasteiger partial charge in [-0.05, 0) is 26.0 Å². The summed E-state index contributed by atoms with van der Waals surface area (Å²) in [6.45, 7) is 3.57. The Labute approximate surface area is 126 Å². The fraction of sp³-hybridized carbons (Fsp3) is 0.357. The van der Waals surface area contributed by atoms with Gasteiger partial charge in [0.05, 0.1) is 13.4 Å². The zero-order chi connectivity index (χ0) is 15.4. The number of furan rings is 1. The molecular formula is C14H16N2O4S. The monoisotopic (exact) mass is 308 g/mol. The number of hydrogen-bond acceptors (Lipinski definition) is 6. The number of rotatable bonds is 5. The van der Waals surface area contributed by atoms with Gasteiger partial charge >= 0.3 is 5.97 Å². The second kappa shape index (κ2) is 6.53. The summed E-state index contributed by atoms with van der Waals surface area (Å²) in [5, 5.41) is 2.29. The lowest BCUT2D eigenvalue weighted by Gasteiger charge is -2.24.